The number of alkyl halides is 3. The molecule has 7 heteroatoms. The number of halogens is 4. The molecule has 1 amide bonds. The number of amides is 1. The normalized spacial score (nSPS) is 11.4. The van der Waals surface area contributed by atoms with E-state index < -0.39 is 12.8 Å². The molecule has 1 N–H and O–H groups in total. The zero-order chi connectivity index (χ0) is 14.3. The molecule has 0 heterocycles. The summed E-state index contributed by atoms with van der Waals surface area (Å²) in [6.07, 6.45) is -4.47. The fourth-order valence-corrected chi connectivity index (χ4v) is 1.37. The summed E-state index contributed by atoms with van der Waals surface area (Å²) < 4.78 is 39.6. The minimum absolute atomic E-state index is 0.107. The van der Waals surface area contributed by atoms with Gasteiger partial charge in [-0.1, -0.05) is 23.7 Å². The van der Waals surface area contributed by atoms with Crippen LogP contribution in [-0.2, 0) is 16.1 Å². The van der Waals surface area contributed by atoms with Gasteiger partial charge in [0.1, 0.15) is 6.61 Å². The molecule has 0 aliphatic rings. The SMILES string of the molecule is O=C(CCOCC(F)(F)F)NCc1ccc(Cl)cc1. The molecule has 0 bridgehead atoms. The molecule has 1 rings (SSSR count). The first kappa shape index (κ1) is 15.8. The van der Waals surface area contributed by atoms with Crippen LogP contribution in [0.2, 0.25) is 5.02 Å². The average Bonchev–Trinajstić information content (AvgIpc) is 2.33. The minimum atomic E-state index is -4.36. The molecule has 0 spiro atoms. The van der Waals surface area contributed by atoms with Gasteiger partial charge in [0.05, 0.1) is 6.61 Å². The van der Waals surface area contributed by atoms with E-state index in [1.165, 1.54) is 0 Å². The van der Waals surface area contributed by atoms with Crippen LogP contribution in [-0.4, -0.2) is 25.3 Å². The fourth-order valence-electron chi connectivity index (χ4n) is 1.24. The third-order valence-corrected chi connectivity index (χ3v) is 2.39. The van der Waals surface area contributed by atoms with Gasteiger partial charge < -0.3 is 10.1 Å². The third kappa shape index (κ3) is 7.69. The fraction of sp³-hybridized carbons (Fsp3) is 0.417. The van der Waals surface area contributed by atoms with Crippen LogP contribution in [0, 0.1) is 0 Å². The van der Waals surface area contributed by atoms with Crippen molar-refractivity contribution in [2.24, 2.45) is 0 Å². The molecule has 0 saturated heterocycles. The highest BCUT2D eigenvalue weighted by atomic mass is 35.5. The summed E-state index contributed by atoms with van der Waals surface area (Å²) in [6.45, 7) is -1.29. The predicted octanol–water partition coefficient (Wildman–Crippen LogP) is 2.93. The topological polar surface area (TPSA) is 38.3 Å². The van der Waals surface area contributed by atoms with Crippen LogP contribution < -0.4 is 5.32 Å². The second kappa shape index (κ2) is 7.35. The van der Waals surface area contributed by atoms with E-state index in [0.29, 0.717) is 11.6 Å². The highest BCUT2D eigenvalue weighted by molar-refractivity contribution is 6.30. The van der Waals surface area contributed by atoms with E-state index >= 15 is 0 Å². The number of carbonyl (C=O) groups excluding carboxylic acids is 1. The zero-order valence-electron chi connectivity index (χ0n) is 9.97. The maximum absolute atomic E-state index is 11.7. The van der Waals surface area contributed by atoms with Gasteiger partial charge in [0.25, 0.3) is 0 Å². The molecule has 0 aliphatic carbocycles. The number of carbonyl (C=O) groups is 1. The molecule has 19 heavy (non-hydrogen) atoms. The molecular weight excluding hydrogens is 283 g/mol. The highest BCUT2D eigenvalue weighted by Crippen LogP contribution is 2.14. The smallest absolute Gasteiger partial charge is 0.372 e. The van der Waals surface area contributed by atoms with Gasteiger partial charge in [0.2, 0.25) is 5.91 Å². The van der Waals surface area contributed by atoms with Gasteiger partial charge in [-0.25, -0.2) is 0 Å². The molecular formula is C12H13ClF3NO2. The van der Waals surface area contributed by atoms with Crippen molar-refractivity contribution in [1.29, 1.82) is 0 Å². The summed E-state index contributed by atoms with van der Waals surface area (Å²) >= 11 is 5.70. The number of rotatable bonds is 6. The molecule has 1 aromatic carbocycles. The Morgan fingerprint density at radius 2 is 1.89 bits per heavy atom. The number of ether oxygens (including phenoxy) is 1. The van der Waals surface area contributed by atoms with Crippen molar-refractivity contribution in [3.05, 3.63) is 34.9 Å². The maximum atomic E-state index is 11.7. The molecule has 0 fully saturated rings. The van der Waals surface area contributed by atoms with Crippen molar-refractivity contribution in [2.45, 2.75) is 19.1 Å². The Balaban J connectivity index is 2.16. The summed E-state index contributed by atoms with van der Waals surface area (Å²) in [6, 6.07) is 6.89. The van der Waals surface area contributed by atoms with Crippen LogP contribution in [0.4, 0.5) is 13.2 Å². The van der Waals surface area contributed by atoms with Crippen LogP contribution in [0.1, 0.15) is 12.0 Å². The number of nitrogens with one attached hydrogen (secondary N) is 1. The van der Waals surface area contributed by atoms with Gasteiger partial charge in [0, 0.05) is 18.0 Å². The molecule has 0 atom stereocenters. The lowest BCUT2D eigenvalue weighted by Gasteiger charge is -2.08. The molecule has 0 radical (unpaired) electrons. The molecule has 3 nitrogen and oxygen atoms in total. The summed E-state index contributed by atoms with van der Waals surface area (Å²) in [5.74, 6) is -0.364. The van der Waals surface area contributed by atoms with Crippen molar-refractivity contribution in [3.63, 3.8) is 0 Å². The quantitative estimate of drug-likeness (QED) is 0.820. The molecule has 0 saturated carbocycles. The standard InChI is InChI=1S/C12H13ClF3NO2/c13-10-3-1-9(2-4-10)7-17-11(18)5-6-19-8-12(14,15)16/h1-4H,5-8H2,(H,17,18). The first-order chi connectivity index (χ1) is 8.87. The molecule has 0 aromatic heterocycles. The predicted molar refractivity (Wildman–Crippen MR) is 64.8 cm³/mol. The van der Waals surface area contributed by atoms with Crippen LogP contribution >= 0.6 is 11.6 Å². The van der Waals surface area contributed by atoms with Crippen LogP contribution in [0.5, 0.6) is 0 Å². The number of hydrogen-bond donors (Lipinski definition) is 1. The van der Waals surface area contributed by atoms with Crippen molar-refractivity contribution in [3.8, 4) is 0 Å². The Morgan fingerprint density at radius 1 is 1.26 bits per heavy atom. The summed E-state index contributed by atoms with van der Waals surface area (Å²) in [5, 5.41) is 3.17. The zero-order valence-corrected chi connectivity index (χ0v) is 10.7. The second-order valence-corrected chi connectivity index (χ2v) is 4.26. The van der Waals surface area contributed by atoms with Crippen molar-refractivity contribution in [2.75, 3.05) is 13.2 Å². The Labute approximate surface area is 113 Å². The average molecular weight is 296 g/mol. The van der Waals surface area contributed by atoms with E-state index in [2.05, 4.69) is 10.1 Å². The number of hydrogen-bond acceptors (Lipinski definition) is 2. The van der Waals surface area contributed by atoms with Crippen LogP contribution in [0.15, 0.2) is 24.3 Å². The Kier molecular flexibility index (Phi) is 6.11. The van der Waals surface area contributed by atoms with Gasteiger partial charge in [-0.15, -0.1) is 0 Å². The van der Waals surface area contributed by atoms with Gasteiger partial charge in [-0.3, -0.25) is 4.79 Å². The van der Waals surface area contributed by atoms with Crippen molar-refractivity contribution in [1.82, 2.24) is 5.32 Å². The van der Waals surface area contributed by atoms with Gasteiger partial charge in [0.15, 0.2) is 0 Å². The Hall–Kier alpha value is -1.27. The van der Waals surface area contributed by atoms with Crippen molar-refractivity contribution >= 4 is 17.5 Å². The Morgan fingerprint density at radius 3 is 2.47 bits per heavy atom. The molecule has 1 aromatic rings. The molecule has 0 aliphatic heterocycles. The van der Waals surface area contributed by atoms with Crippen LogP contribution in [0.25, 0.3) is 0 Å². The van der Waals surface area contributed by atoms with E-state index in [1.807, 2.05) is 0 Å². The van der Waals surface area contributed by atoms with E-state index in [-0.39, 0.29) is 18.9 Å². The second-order valence-electron chi connectivity index (χ2n) is 3.82. The van der Waals surface area contributed by atoms with Gasteiger partial charge >= 0.3 is 6.18 Å². The van der Waals surface area contributed by atoms with Crippen LogP contribution in [0.3, 0.4) is 0 Å². The third-order valence-electron chi connectivity index (χ3n) is 2.14. The van der Waals surface area contributed by atoms with Crippen molar-refractivity contribution < 1.29 is 22.7 Å². The molecule has 0 unspecified atom stereocenters. The lowest BCUT2D eigenvalue weighted by atomic mass is 10.2. The molecule has 106 valence electrons. The summed E-state index contributed by atoms with van der Waals surface area (Å²) in [7, 11) is 0. The maximum Gasteiger partial charge on any atom is 0.411 e. The van der Waals surface area contributed by atoms with E-state index in [9.17, 15) is 18.0 Å². The van der Waals surface area contributed by atoms with E-state index in [4.69, 9.17) is 11.6 Å². The Bertz CT molecular complexity index is 406. The lowest BCUT2D eigenvalue weighted by molar-refractivity contribution is -0.174. The first-order valence-electron chi connectivity index (χ1n) is 5.52. The first-order valence-corrected chi connectivity index (χ1v) is 5.90. The van der Waals surface area contributed by atoms with E-state index in [0.717, 1.165) is 5.56 Å². The largest absolute Gasteiger partial charge is 0.411 e. The summed E-state index contributed by atoms with van der Waals surface area (Å²) in [4.78, 5) is 11.3. The minimum Gasteiger partial charge on any atom is -0.372 e. The lowest BCUT2D eigenvalue weighted by Crippen LogP contribution is -2.25. The number of benzene rings is 1. The van der Waals surface area contributed by atoms with Gasteiger partial charge in [-0.05, 0) is 17.7 Å². The van der Waals surface area contributed by atoms with Gasteiger partial charge in [-0.2, -0.15) is 13.2 Å². The monoisotopic (exact) mass is 295 g/mol. The van der Waals surface area contributed by atoms with E-state index in [1.54, 1.807) is 24.3 Å². The summed E-state index contributed by atoms with van der Waals surface area (Å²) in [5.41, 5.74) is 0.856. The highest BCUT2D eigenvalue weighted by Gasteiger charge is 2.27.